The Morgan fingerprint density at radius 1 is 1.16 bits per heavy atom. The number of carbonyl (C=O) groups excluding carboxylic acids is 2. The lowest BCUT2D eigenvalue weighted by Crippen LogP contribution is -2.31. The Morgan fingerprint density at radius 2 is 1.88 bits per heavy atom. The van der Waals surface area contributed by atoms with Gasteiger partial charge in [0.2, 0.25) is 15.9 Å². The molecule has 0 unspecified atom stereocenters. The van der Waals surface area contributed by atoms with Crippen molar-refractivity contribution in [2.45, 2.75) is 25.3 Å². The van der Waals surface area contributed by atoms with Gasteiger partial charge in [0, 0.05) is 18.7 Å². The molecule has 0 saturated carbocycles. The molecule has 0 saturated heterocycles. The van der Waals surface area contributed by atoms with Crippen LogP contribution in [0.1, 0.15) is 29.9 Å². The van der Waals surface area contributed by atoms with Gasteiger partial charge in [0.15, 0.2) is 0 Å². The zero-order chi connectivity index (χ0) is 23.1. The number of benzene rings is 1. The second-order valence-electron chi connectivity index (χ2n) is 6.58. The molecule has 1 aromatic carbocycles. The second-order valence-corrected chi connectivity index (χ2v) is 9.46. The molecule has 3 rings (SSSR count). The number of rotatable bonds is 10. The number of nitrogens with one attached hydrogen (secondary N) is 1. The molecule has 170 valence electrons. The fraction of sp³-hybridized carbons (Fsp3) is 0.286. The number of oxazole rings is 1. The summed E-state index contributed by atoms with van der Waals surface area (Å²) in [4.78, 5) is 29.4. The third-order valence-corrected chi connectivity index (χ3v) is 7.44. The van der Waals surface area contributed by atoms with Crippen LogP contribution in [0.2, 0.25) is 0 Å². The lowest BCUT2D eigenvalue weighted by Gasteiger charge is -2.18. The molecule has 0 bridgehead atoms. The molecular weight excluding hydrogens is 454 g/mol. The van der Waals surface area contributed by atoms with E-state index in [2.05, 4.69) is 10.3 Å². The molecule has 0 aliphatic carbocycles. The van der Waals surface area contributed by atoms with Gasteiger partial charge in [0.25, 0.3) is 5.91 Å². The molecule has 0 radical (unpaired) electrons. The minimum atomic E-state index is -3.60. The highest BCUT2D eigenvalue weighted by Gasteiger charge is 2.21. The lowest BCUT2D eigenvalue weighted by atomic mass is 10.2. The largest absolute Gasteiger partial charge is 0.458 e. The summed E-state index contributed by atoms with van der Waals surface area (Å²) in [5, 5.41) is 4.35. The summed E-state index contributed by atoms with van der Waals surface area (Å²) in [6.07, 6.45) is 1.41. The Kier molecular flexibility index (Phi) is 7.78. The normalized spacial score (nSPS) is 11.5. The Morgan fingerprint density at radius 3 is 2.50 bits per heavy atom. The van der Waals surface area contributed by atoms with E-state index < -0.39 is 21.9 Å². The Bertz CT molecular complexity index is 1150. The standard InChI is InChI=1S/C21H23N3O6S2/c1-3-24(4-2)32(27,28)17-9-7-15(8-10-17)20(26)22-12-19(25)29-13-16-14-30-21(23-16)18-6-5-11-31-18/h5-11,14H,3-4,12-13H2,1-2H3,(H,22,26). The van der Waals surface area contributed by atoms with Crippen LogP contribution in [-0.4, -0.2) is 49.2 Å². The highest BCUT2D eigenvalue weighted by atomic mass is 32.2. The molecule has 0 aliphatic rings. The average Bonchev–Trinajstić information content (AvgIpc) is 3.48. The van der Waals surface area contributed by atoms with Crippen LogP contribution in [0.3, 0.4) is 0 Å². The molecule has 0 atom stereocenters. The molecule has 0 aliphatic heterocycles. The molecule has 2 aromatic heterocycles. The first-order valence-electron chi connectivity index (χ1n) is 9.87. The Balaban J connectivity index is 1.49. The summed E-state index contributed by atoms with van der Waals surface area (Å²) in [6.45, 7) is 3.80. The van der Waals surface area contributed by atoms with E-state index in [0.29, 0.717) is 24.7 Å². The molecule has 1 N–H and O–H groups in total. The first-order valence-corrected chi connectivity index (χ1v) is 12.2. The van der Waals surface area contributed by atoms with Crippen LogP contribution in [0.5, 0.6) is 0 Å². The van der Waals surface area contributed by atoms with Crippen LogP contribution in [0.4, 0.5) is 0 Å². The number of hydrogen-bond acceptors (Lipinski definition) is 8. The van der Waals surface area contributed by atoms with Gasteiger partial charge in [-0.3, -0.25) is 9.59 Å². The van der Waals surface area contributed by atoms with Crippen molar-refractivity contribution in [2.24, 2.45) is 0 Å². The van der Waals surface area contributed by atoms with Gasteiger partial charge in [-0.2, -0.15) is 4.31 Å². The summed E-state index contributed by atoms with van der Waals surface area (Å²) in [5.74, 6) is -0.708. The van der Waals surface area contributed by atoms with E-state index >= 15 is 0 Å². The number of amides is 1. The van der Waals surface area contributed by atoms with Crippen LogP contribution in [0.25, 0.3) is 10.8 Å². The van der Waals surface area contributed by atoms with E-state index in [-0.39, 0.29) is 23.6 Å². The number of carbonyl (C=O) groups is 2. The van der Waals surface area contributed by atoms with Gasteiger partial charge < -0.3 is 14.5 Å². The van der Waals surface area contributed by atoms with Gasteiger partial charge in [-0.25, -0.2) is 13.4 Å². The number of hydrogen-bond donors (Lipinski definition) is 1. The third-order valence-electron chi connectivity index (χ3n) is 4.52. The van der Waals surface area contributed by atoms with Crippen molar-refractivity contribution in [2.75, 3.05) is 19.6 Å². The van der Waals surface area contributed by atoms with Gasteiger partial charge >= 0.3 is 5.97 Å². The zero-order valence-electron chi connectivity index (χ0n) is 17.6. The number of nitrogens with zero attached hydrogens (tertiary/aromatic N) is 2. The second kappa shape index (κ2) is 10.5. The van der Waals surface area contributed by atoms with Crippen molar-refractivity contribution in [1.82, 2.24) is 14.6 Å². The smallest absolute Gasteiger partial charge is 0.325 e. The molecule has 3 aromatic rings. The van der Waals surface area contributed by atoms with E-state index in [9.17, 15) is 18.0 Å². The number of esters is 1. The maximum absolute atomic E-state index is 12.5. The fourth-order valence-corrected chi connectivity index (χ4v) is 4.95. The van der Waals surface area contributed by atoms with E-state index in [1.54, 1.807) is 13.8 Å². The zero-order valence-corrected chi connectivity index (χ0v) is 19.2. The first-order chi connectivity index (χ1) is 15.3. The van der Waals surface area contributed by atoms with Crippen LogP contribution in [0.15, 0.2) is 57.4 Å². The highest BCUT2D eigenvalue weighted by Crippen LogP contribution is 2.23. The Hall–Kier alpha value is -3.02. The van der Waals surface area contributed by atoms with Gasteiger partial charge in [0.05, 0.1) is 9.77 Å². The highest BCUT2D eigenvalue weighted by molar-refractivity contribution is 7.89. The summed E-state index contributed by atoms with van der Waals surface area (Å²) in [5.41, 5.74) is 0.687. The topological polar surface area (TPSA) is 119 Å². The van der Waals surface area contributed by atoms with Gasteiger partial charge in [0.1, 0.15) is 25.1 Å². The van der Waals surface area contributed by atoms with Crippen molar-refractivity contribution in [3.63, 3.8) is 0 Å². The van der Waals surface area contributed by atoms with Gasteiger partial charge in [-0.05, 0) is 35.7 Å². The minimum Gasteiger partial charge on any atom is -0.458 e. The number of ether oxygens (including phenoxy) is 1. The molecule has 0 fully saturated rings. The van der Waals surface area contributed by atoms with Crippen molar-refractivity contribution < 1.29 is 27.2 Å². The number of thiophene rings is 1. The summed E-state index contributed by atoms with van der Waals surface area (Å²) in [6, 6.07) is 9.29. The third kappa shape index (κ3) is 5.61. The summed E-state index contributed by atoms with van der Waals surface area (Å²) in [7, 11) is -3.60. The van der Waals surface area contributed by atoms with Crippen LogP contribution in [-0.2, 0) is 26.2 Å². The van der Waals surface area contributed by atoms with Gasteiger partial charge in [-0.1, -0.05) is 19.9 Å². The molecule has 1 amide bonds. The minimum absolute atomic E-state index is 0.0819. The number of aromatic nitrogens is 1. The maximum Gasteiger partial charge on any atom is 0.325 e. The van der Waals surface area contributed by atoms with Crippen molar-refractivity contribution in [3.05, 3.63) is 59.3 Å². The number of sulfonamides is 1. The van der Waals surface area contributed by atoms with Crippen molar-refractivity contribution in [1.29, 1.82) is 0 Å². The predicted molar refractivity (Wildman–Crippen MR) is 118 cm³/mol. The monoisotopic (exact) mass is 477 g/mol. The van der Waals surface area contributed by atoms with Crippen molar-refractivity contribution in [3.8, 4) is 10.8 Å². The molecule has 11 heteroatoms. The van der Waals surface area contributed by atoms with E-state index in [0.717, 1.165) is 4.88 Å². The predicted octanol–water partition coefficient (Wildman–Crippen LogP) is 2.91. The molecular formula is C21H23N3O6S2. The van der Waals surface area contributed by atoms with E-state index in [4.69, 9.17) is 9.15 Å². The summed E-state index contributed by atoms with van der Waals surface area (Å²) < 4.78 is 36.8. The van der Waals surface area contributed by atoms with Gasteiger partial charge in [-0.15, -0.1) is 11.3 Å². The molecule has 0 spiro atoms. The molecule has 32 heavy (non-hydrogen) atoms. The molecule has 9 nitrogen and oxygen atoms in total. The van der Waals surface area contributed by atoms with E-state index in [1.165, 1.54) is 46.2 Å². The molecule has 2 heterocycles. The average molecular weight is 478 g/mol. The fourth-order valence-electron chi connectivity index (χ4n) is 2.84. The van der Waals surface area contributed by atoms with Crippen molar-refractivity contribution >= 4 is 33.2 Å². The quantitative estimate of drug-likeness (QED) is 0.446. The van der Waals surface area contributed by atoms with Crippen LogP contribution in [0, 0.1) is 0 Å². The van der Waals surface area contributed by atoms with Crippen LogP contribution < -0.4 is 5.32 Å². The SMILES string of the molecule is CCN(CC)S(=O)(=O)c1ccc(C(=O)NCC(=O)OCc2coc(-c3cccs3)n2)cc1. The van der Waals surface area contributed by atoms with Crippen LogP contribution >= 0.6 is 11.3 Å². The lowest BCUT2D eigenvalue weighted by molar-refractivity contribution is -0.143. The summed E-state index contributed by atoms with van der Waals surface area (Å²) >= 11 is 1.48. The first kappa shape index (κ1) is 23.6. The Labute approximate surface area is 190 Å². The maximum atomic E-state index is 12.5. The van der Waals surface area contributed by atoms with E-state index in [1.807, 2.05) is 17.5 Å².